The molecule has 2 heterocycles. The van der Waals surface area contributed by atoms with Gasteiger partial charge in [0, 0.05) is 12.1 Å². The van der Waals surface area contributed by atoms with Crippen LogP contribution in [0.2, 0.25) is 0 Å². The summed E-state index contributed by atoms with van der Waals surface area (Å²) in [6.45, 7) is 1.84. The molecule has 6 heteroatoms. The number of nitrogens with one attached hydrogen (secondary N) is 3. The van der Waals surface area contributed by atoms with E-state index >= 15 is 0 Å². The Kier molecular flexibility index (Phi) is 3.08. The van der Waals surface area contributed by atoms with E-state index < -0.39 is 0 Å². The molecule has 0 spiro atoms. The highest BCUT2D eigenvalue weighted by atomic mass is 16.5. The third-order valence-electron chi connectivity index (χ3n) is 3.24. The van der Waals surface area contributed by atoms with Crippen molar-refractivity contribution in [2.45, 2.75) is 6.42 Å². The highest BCUT2D eigenvalue weighted by molar-refractivity contribution is 5.97. The lowest BCUT2D eigenvalue weighted by Gasteiger charge is -2.26. The Hall–Kier alpha value is -2.08. The van der Waals surface area contributed by atoms with Crippen LogP contribution in [0.3, 0.4) is 0 Å². The van der Waals surface area contributed by atoms with Crippen LogP contribution in [0, 0.1) is 5.92 Å². The maximum absolute atomic E-state index is 11.8. The summed E-state index contributed by atoms with van der Waals surface area (Å²) >= 11 is 0. The zero-order valence-corrected chi connectivity index (χ0v) is 10.4. The monoisotopic (exact) mass is 261 g/mol. The van der Waals surface area contributed by atoms with Crippen molar-refractivity contribution >= 4 is 23.2 Å². The number of hydrogen-bond acceptors (Lipinski definition) is 4. The molecule has 1 aromatic carbocycles. The molecule has 19 heavy (non-hydrogen) atoms. The Labute approximate surface area is 110 Å². The molecule has 2 amide bonds. The molecule has 0 bridgehead atoms. The molecule has 100 valence electrons. The van der Waals surface area contributed by atoms with Gasteiger partial charge in [-0.25, -0.2) is 0 Å². The van der Waals surface area contributed by atoms with E-state index in [0.717, 1.165) is 13.1 Å². The van der Waals surface area contributed by atoms with Crippen LogP contribution in [0.5, 0.6) is 5.75 Å². The molecule has 6 nitrogen and oxygen atoms in total. The van der Waals surface area contributed by atoms with E-state index in [0.29, 0.717) is 29.5 Å². The fourth-order valence-corrected chi connectivity index (χ4v) is 2.13. The van der Waals surface area contributed by atoms with E-state index in [1.165, 1.54) is 0 Å². The molecule has 1 fully saturated rings. The lowest BCUT2D eigenvalue weighted by Crippen LogP contribution is -2.43. The van der Waals surface area contributed by atoms with Crippen molar-refractivity contribution in [3.8, 4) is 5.75 Å². The average Bonchev–Trinajstić information content (AvgIpc) is 2.33. The first-order valence-electron chi connectivity index (χ1n) is 6.28. The molecule has 3 rings (SSSR count). The highest BCUT2D eigenvalue weighted by Gasteiger charge is 2.21. The van der Waals surface area contributed by atoms with Gasteiger partial charge in [0.2, 0.25) is 5.91 Å². The maximum atomic E-state index is 11.8. The van der Waals surface area contributed by atoms with Gasteiger partial charge in [0.15, 0.2) is 6.61 Å². The summed E-state index contributed by atoms with van der Waals surface area (Å²) in [5.41, 5.74) is 1.26. The Morgan fingerprint density at radius 2 is 2.26 bits per heavy atom. The molecule has 0 aliphatic carbocycles. The van der Waals surface area contributed by atoms with Gasteiger partial charge in [-0.2, -0.15) is 0 Å². The summed E-state index contributed by atoms with van der Waals surface area (Å²) in [5.74, 6) is 0.868. The van der Waals surface area contributed by atoms with Crippen LogP contribution in [0.4, 0.5) is 11.4 Å². The van der Waals surface area contributed by atoms with Gasteiger partial charge in [0.25, 0.3) is 5.91 Å². The van der Waals surface area contributed by atoms with Gasteiger partial charge in [-0.05, 0) is 37.2 Å². The number of rotatable bonds is 3. The predicted octanol–water partition coefficient (Wildman–Crippen LogP) is 0.565. The van der Waals surface area contributed by atoms with Crippen LogP contribution in [0.25, 0.3) is 0 Å². The quantitative estimate of drug-likeness (QED) is 0.743. The fourth-order valence-electron chi connectivity index (χ4n) is 2.13. The van der Waals surface area contributed by atoms with E-state index in [-0.39, 0.29) is 18.4 Å². The van der Waals surface area contributed by atoms with Crippen LogP contribution in [-0.2, 0) is 9.59 Å². The number of carbonyl (C=O) groups excluding carboxylic acids is 2. The van der Waals surface area contributed by atoms with Crippen LogP contribution in [-0.4, -0.2) is 31.5 Å². The first-order chi connectivity index (χ1) is 9.20. The van der Waals surface area contributed by atoms with E-state index in [2.05, 4.69) is 16.0 Å². The summed E-state index contributed by atoms with van der Waals surface area (Å²) in [7, 11) is 0. The number of fused-ring (bicyclic) bond motifs is 1. The van der Waals surface area contributed by atoms with Crippen LogP contribution in [0.1, 0.15) is 6.42 Å². The molecular weight excluding hydrogens is 246 g/mol. The molecule has 1 aromatic rings. The van der Waals surface area contributed by atoms with Crippen LogP contribution in [0.15, 0.2) is 18.2 Å². The van der Waals surface area contributed by atoms with Gasteiger partial charge in [-0.15, -0.1) is 0 Å². The second kappa shape index (κ2) is 4.89. The minimum atomic E-state index is -0.184. The van der Waals surface area contributed by atoms with Crippen molar-refractivity contribution in [2.24, 2.45) is 5.92 Å². The number of anilines is 2. The number of benzene rings is 1. The van der Waals surface area contributed by atoms with E-state index in [4.69, 9.17) is 4.74 Å². The SMILES string of the molecule is O=C(CC1CNC1)Nc1ccc2c(c1)NC(=O)CO2. The van der Waals surface area contributed by atoms with Gasteiger partial charge in [-0.1, -0.05) is 0 Å². The molecule has 0 unspecified atom stereocenters. The second-order valence-corrected chi connectivity index (χ2v) is 4.82. The maximum Gasteiger partial charge on any atom is 0.262 e. The summed E-state index contributed by atoms with van der Waals surface area (Å²) in [6, 6.07) is 5.23. The molecule has 1 saturated heterocycles. The van der Waals surface area contributed by atoms with Crippen molar-refractivity contribution in [3.05, 3.63) is 18.2 Å². The molecular formula is C13H15N3O3. The van der Waals surface area contributed by atoms with Gasteiger partial charge < -0.3 is 20.7 Å². The number of hydrogen-bond donors (Lipinski definition) is 3. The summed E-state index contributed by atoms with van der Waals surface area (Å²) in [6.07, 6.45) is 0.521. The first kappa shape index (κ1) is 12.0. The Morgan fingerprint density at radius 3 is 3.00 bits per heavy atom. The lowest BCUT2D eigenvalue weighted by atomic mass is 9.99. The Morgan fingerprint density at radius 1 is 1.42 bits per heavy atom. The zero-order chi connectivity index (χ0) is 13.2. The van der Waals surface area contributed by atoms with Crippen molar-refractivity contribution in [1.29, 1.82) is 0 Å². The van der Waals surface area contributed by atoms with Gasteiger partial charge in [0.05, 0.1) is 5.69 Å². The third-order valence-corrected chi connectivity index (χ3v) is 3.24. The molecule has 3 N–H and O–H groups in total. The normalized spacial score (nSPS) is 17.8. The van der Waals surface area contributed by atoms with Crippen molar-refractivity contribution in [3.63, 3.8) is 0 Å². The van der Waals surface area contributed by atoms with E-state index in [9.17, 15) is 9.59 Å². The largest absolute Gasteiger partial charge is 0.482 e. The fraction of sp³-hybridized carbons (Fsp3) is 0.385. The number of ether oxygens (including phenoxy) is 1. The summed E-state index contributed by atoms with van der Waals surface area (Å²) in [4.78, 5) is 23.0. The topological polar surface area (TPSA) is 79.5 Å². The van der Waals surface area contributed by atoms with Crippen molar-refractivity contribution < 1.29 is 14.3 Å². The summed E-state index contributed by atoms with van der Waals surface area (Å²) < 4.78 is 5.25. The second-order valence-electron chi connectivity index (χ2n) is 4.82. The number of amides is 2. The summed E-state index contributed by atoms with van der Waals surface area (Å²) in [5, 5.41) is 8.68. The average molecular weight is 261 g/mol. The molecule has 0 aromatic heterocycles. The molecule has 0 atom stereocenters. The van der Waals surface area contributed by atoms with Crippen LogP contribution >= 0.6 is 0 Å². The minimum Gasteiger partial charge on any atom is -0.482 e. The van der Waals surface area contributed by atoms with Gasteiger partial charge in [0.1, 0.15) is 5.75 Å². The standard InChI is InChI=1S/C13H15N3O3/c17-12(3-8-5-14-6-8)15-9-1-2-11-10(4-9)16-13(18)7-19-11/h1-2,4,8,14H,3,5-7H2,(H,15,17)(H,16,18). The van der Waals surface area contributed by atoms with Crippen molar-refractivity contribution in [2.75, 3.05) is 30.3 Å². The van der Waals surface area contributed by atoms with E-state index in [1.807, 2.05) is 0 Å². The minimum absolute atomic E-state index is 0.00509. The lowest BCUT2D eigenvalue weighted by molar-refractivity contribution is -0.119. The first-order valence-corrected chi connectivity index (χ1v) is 6.28. The molecule has 0 saturated carbocycles. The Bertz CT molecular complexity index is 526. The highest BCUT2D eigenvalue weighted by Crippen LogP contribution is 2.30. The number of carbonyl (C=O) groups is 2. The predicted molar refractivity (Wildman–Crippen MR) is 70.2 cm³/mol. The van der Waals surface area contributed by atoms with Gasteiger partial charge in [-0.3, -0.25) is 9.59 Å². The smallest absolute Gasteiger partial charge is 0.262 e. The molecule has 0 radical (unpaired) electrons. The third kappa shape index (κ3) is 2.68. The van der Waals surface area contributed by atoms with Crippen molar-refractivity contribution in [1.82, 2.24) is 5.32 Å². The molecule has 2 aliphatic rings. The van der Waals surface area contributed by atoms with E-state index in [1.54, 1.807) is 18.2 Å². The van der Waals surface area contributed by atoms with Gasteiger partial charge >= 0.3 is 0 Å². The zero-order valence-electron chi connectivity index (χ0n) is 10.4. The van der Waals surface area contributed by atoms with Crippen LogP contribution < -0.4 is 20.7 Å². The Balaban J connectivity index is 1.66. The molecule has 2 aliphatic heterocycles.